The van der Waals surface area contributed by atoms with Crippen molar-refractivity contribution in [3.8, 4) is 0 Å². The van der Waals surface area contributed by atoms with E-state index < -0.39 is 0 Å². The van der Waals surface area contributed by atoms with Crippen LogP contribution in [0.4, 0.5) is 0 Å². The number of nitrogens with zero attached hydrogens (tertiary/aromatic N) is 2. The van der Waals surface area contributed by atoms with Crippen LogP contribution in [0.3, 0.4) is 0 Å². The Labute approximate surface area is 108 Å². The molecule has 0 fully saturated rings. The highest BCUT2D eigenvalue weighted by Gasteiger charge is 2.08. The molecule has 1 aromatic heterocycles. The van der Waals surface area contributed by atoms with Crippen LogP contribution in [0.2, 0.25) is 0 Å². The molecule has 2 aromatic rings. The standard InChI is InChI=1S/C12H14BrN3O/c13-10-5-2-1-4-9(10)8-12-15-11(16-17-12)6-3-7-14/h1-2,4-5H,3,6-8,14H2. The molecule has 0 spiro atoms. The summed E-state index contributed by atoms with van der Waals surface area (Å²) in [6, 6.07) is 8.01. The van der Waals surface area contributed by atoms with Crippen molar-refractivity contribution in [1.82, 2.24) is 10.1 Å². The van der Waals surface area contributed by atoms with Crippen molar-refractivity contribution < 1.29 is 4.52 Å². The number of nitrogens with two attached hydrogens (primary N) is 1. The van der Waals surface area contributed by atoms with E-state index in [9.17, 15) is 0 Å². The van der Waals surface area contributed by atoms with E-state index in [2.05, 4.69) is 26.1 Å². The fourth-order valence-electron chi connectivity index (χ4n) is 1.53. The lowest BCUT2D eigenvalue weighted by atomic mass is 10.1. The average Bonchev–Trinajstić information content (AvgIpc) is 2.77. The predicted molar refractivity (Wildman–Crippen MR) is 68.6 cm³/mol. The predicted octanol–water partition coefficient (Wildman–Crippen LogP) is 2.31. The quantitative estimate of drug-likeness (QED) is 0.919. The minimum atomic E-state index is 0.643. The third-order valence-corrected chi connectivity index (χ3v) is 3.19. The number of halogens is 1. The van der Waals surface area contributed by atoms with E-state index in [1.165, 1.54) is 0 Å². The number of hydrogen-bond donors (Lipinski definition) is 1. The molecule has 5 heteroatoms. The first kappa shape index (κ1) is 12.3. The van der Waals surface area contributed by atoms with E-state index in [4.69, 9.17) is 10.3 Å². The first-order valence-corrected chi connectivity index (χ1v) is 6.34. The summed E-state index contributed by atoms with van der Waals surface area (Å²) in [4.78, 5) is 4.33. The second kappa shape index (κ2) is 5.93. The molecule has 1 heterocycles. The Morgan fingerprint density at radius 3 is 2.88 bits per heavy atom. The van der Waals surface area contributed by atoms with Crippen LogP contribution < -0.4 is 5.73 Å². The summed E-state index contributed by atoms with van der Waals surface area (Å²) in [5, 5.41) is 3.92. The minimum Gasteiger partial charge on any atom is -0.339 e. The first-order valence-electron chi connectivity index (χ1n) is 5.54. The molecular formula is C12H14BrN3O. The Morgan fingerprint density at radius 2 is 2.12 bits per heavy atom. The van der Waals surface area contributed by atoms with E-state index in [1.807, 2.05) is 24.3 Å². The Balaban J connectivity index is 2.04. The fourth-order valence-corrected chi connectivity index (χ4v) is 1.95. The van der Waals surface area contributed by atoms with E-state index >= 15 is 0 Å². The smallest absolute Gasteiger partial charge is 0.231 e. The molecule has 0 aliphatic rings. The first-order chi connectivity index (χ1) is 8.29. The van der Waals surface area contributed by atoms with Gasteiger partial charge in [-0.25, -0.2) is 0 Å². The molecule has 0 aliphatic carbocycles. The molecule has 2 rings (SSSR count). The van der Waals surface area contributed by atoms with Crippen molar-refractivity contribution in [2.24, 2.45) is 5.73 Å². The lowest BCUT2D eigenvalue weighted by Gasteiger charge is -1.99. The Morgan fingerprint density at radius 1 is 1.29 bits per heavy atom. The van der Waals surface area contributed by atoms with Gasteiger partial charge in [0.2, 0.25) is 5.89 Å². The van der Waals surface area contributed by atoms with Crippen molar-refractivity contribution in [2.45, 2.75) is 19.3 Å². The third kappa shape index (κ3) is 3.38. The number of aromatic nitrogens is 2. The number of aryl methyl sites for hydroxylation is 1. The van der Waals surface area contributed by atoms with Crippen LogP contribution in [0.5, 0.6) is 0 Å². The molecule has 17 heavy (non-hydrogen) atoms. The maximum atomic E-state index is 5.43. The van der Waals surface area contributed by atoms with Gasteiger partial charge >= 0.3 is 0 Å². The topological polar surface area (TPSA) is 64.9 Å². The van der Waals surface area contributed by atoms with Crippen molar-refractivity contribution in [2.75, 3.05) is 6.54 Å². The maximum absolute atomic E-state index is 5.43. The number of hydrogen-bond acceptors (Lipinski definition) is 4. The zero-order chi connectivity index (χ0) is 12.1. The van der Waals surface area contributed by atoms with E-state index in [-0.39, 0.29) is 0 Å². The van der Waals surface area contributed by atoms with Crippen molar-refractivity contribution in [3.63, 3.8) is 0 Å². The van der Waals surface area contributed by atoms with Crippen molar-refractivity contribution in [1.29, 1.82) is 0 Å². The van der Waals surface area contributed by atoms with Crippen LogP contribution in [-0.2, 0) is 12.8 Å². The molecular weight excluding hydrogens is 282 g/mol. The Hall–Kier alpha value is -1.20. The molecule has 1 aromatic carbocycles. The lowest BCUT2D eigenvalue weighted by Crippen LogP contribution is -2.01. The summed E-state index contributed by atoms with van der Waals surface area (Å²) in [6.45, 7) is 0.647. The zero-order valence-electron chi connectivity index (χ0n) is 9.40. The van der Waals surface area contributed by atoms with Gasteiger partial charge in [-0.05, 0) is 24.6 Å². The molecule has 0 bridgehead atoms. The van der Waals surface area contributed by atoms with Crippen LogP contribution in [0, 0.1) is 0 Å². The molecule has 0 unspecified atom stereocenters. The zero-order valence-corrected chi connectivity index (χ0v) is 11.0. The van der Waals surface area contributed by atoms with Gasteiger partial charge in [-0.3, -0.25) is 0 Å². The number of rotatable bonds is 5. The second-order valence-electron chi connectivity index (χ2n) is 3.76. The Bertz CT molecular complexity index is 484. The van der Waals surface area contributed by atoms with Gasteiger partial charge in [-0.1, -0.05) is 39.3 Å². The molecule has 90 valence electrons. The van der Waals surface area contributed by atoms with Gasteiger partial charge in [-0.2, -0.15) is 4.98 Å². The minimum absolute atomic E-state index is 0.643. The molecule has 0 aliphatic heterocycles. The van der Waals surface area contributed by atoms with Gasteiger partial charge in [0.05, 0.1) is 6.42 Å². The summed E-state index contributed by atoms with van der Waals surface area (Å²) in [6.07, 6.45) is 2.31. The second-order valence-corrected chi connectivity index (χ2v) is 4.62. The molecule has 0 atom stereocenters. The highest BCUT2D eigenvalue weighted by atomic mass is 79.9. The molecule has 0 radical (unpaired) electrons. The highest BCUT2D eigenvalue weighted by molar-refractivity contribution is 9.10. The van der Waals surface area contributed by atoms with Gasteiger partial charge in [0, 0.05) is 10.9 Å². The fraction of sp³-hybridized carbons (Fsp3) is 0.333. The largest absolute Gasteiger partial charge is 0.339 e. The molecule has 0 saturated carbocycles. The molecule has 4 nitrogen and oxygen atoms in total. The molecule has 2 N–H and O–H groups in total. The summed E-state index contributed by atoms with van der Waals surface area (Å²) < 4.78 is 6.25. The summed E-state index contributed by atoms with van der Waals surface area (Å²) >= 11 is 3.50. The maximum Gasteiger partial charge on any atom is 0.231 e. The third-order valence-electron chi connectivity index (χ3n) is 2.41. The number of benzene rings is 1. The van der Waals surface area contributed by atoms with Crippen LogP contribution in [0.1, 0.15) is 23.7 Å². The van der Waals surface area contributed by atoms with Crippen LogP contribution in [0.25, 0.3) is 0 Å². The normalized spacial score (nSPS) is 10.7. The SMILES string of the molecule is NCCCc1noc(Cc2ccccc2Br)n1. The lowest BCUT2D eigenvalue weighted by molar-refractivity contribution is 0.379. The average molecular weight is 296 g/mol. The van der Waals surface area contributed by atoms with Crippen LogP contribution in [-0.4, -0.2) is 16.7 Å². The van der Waals surface area contributed by atoms with Gasteiger partial charge in [0.25, 0.3) is 0 Å². The molecule has 0 saturated heterocycles. The summed E-state index contributed by atoms with van der Waals surface area (Å²) in [5.41, 5.74) is 6.57. The van der Waals surface area contributed by atoms with Gasteiger partial charge in [0.1, 0.15) is 0 Å². The van der Waals surface area contributed by atoms with E-state index in [0.717, 1.165) is 28.7 Å². The summed E-state index contributed by atoms with van der Waals surface area (Å²) in [7, 11) is 0. The van der Waals surface area contributed by atoms with Crippen LogP contribution >= 0.6 is 15.9 Å². The van der Waals surface area contributed by atoms with E-state index in [0.29, 0.717) is 18.9 Å². The van der Waals surface area contributed by atoms with E-state index in [1.54, 1.807) is 0 Å². The summed E-state index contributed by atoms with van der Waals surface area (Å²) in [5.74, 6) is 1.38. The van der Waals surface area contributed by atoms with Gasteiger partial charge in [0.15, 0.2) is 5.82 Å². The van der Waals surface area contributed by atoms with Crippen LogP contribution in [0.15, 0.2) is 33.3 Å². The highest BCUT2D eigenvalue weighted by Crippen LogP contribution is 2.18. The Kier molecular flexibility index (Phi) is 4.28. The monoisotopic (exact) mass is 295 g/mol. The van der Waals surface area contributed by atoms with Gasteiger partial charge < -0.3 is 10.3 Å². The van der Waals surface area contributed by atoms with Gasteiger partial charge in [-0.15, -0.1) is 0 Å². The van der Waals surface area contributed by atoms with Crippen molar-refractivity contribution >= 4 is 15.9 Å². The molecule has 0 amide bonds. The van der Waals surface area contributed by atoms with Crippen molar-refractivity contribution in [3.05, 3.63) is 46.0 Å².